The lowest BCUT2D eigenvalue weighted by Gasteiger charge is -2.39. The van der Waals surface area contributed by atoms with E-state index in [0.717, 1.165) is 43.3 Å². The summed E-state index contributed by atoms with van der Waals surface area (Å²) in [4.78, 5) is 24.4. The molecule has 7 rings (SSSR count). The molecule has 4 aromatic heterocycles. The molecule has 3 aliphatic rings. The fraction of sp³-hybridized carbons (Fsp3) is 0.320. The van der Waals surface area contributed by atoms with Crippen molar-refractivity contribution in [3.8, 4) is 11.4 Å². The third-order valence-corrected chi connectivity index (χ3v) is 6.69. The first-order valence-electron chi connectivity index (χ1n) is 11.4. The van der Waals surface area contributed by atoms with Crippen molar-refractivity contribution in [3.63, 3.8) is 0 Å². The van der Waals surface area contributed by atoms with E-state index in [9.17, 15) is 4.39 Å². The Hall–Kier alpha value is -3.75. The average molecular weight is 460 g/mol. The molecule has 1 saturated heterocycles. The van der Waals surface area contributed by atoms with Crippen LogP contribution in [0.2, 0.25) is 0 Å². The van der Waals surface area contributed by atoms with Gasteiger partial charge in [-0.05, 0) is 50.3 Å². The highest BCUT2D eigenvalue weighted by Crippen LogP contribution is 2.37. The maximum Gasteiger partial charge on any atom is 0.164 e. The number of aromatic nitrogens is 6. The molecule has 0 N–H and O–H groups in total. The van der Waals surface area contributed by atoms with E-state index in [1.54, 1.807) is 23.8 Å². The van der Waals surface area contributed by atoms with Crippen molar-refractivity contribution in [1.82, 2.24) is 34.4 Å². The molecule has 0 aromatic carbocycles. The maximum absolute atomic E-state index is 15.4. The zero-order valence-electron chi connectivity index (χ0n) is 19.0. The Morgan fingerprint density at radius 2 is 1.79 bits per heavy atom. The summed E-state index contributed by atoms with van der Waals surface area (Å²) >= 11 is 0. The van der Waals surface area contributed by atoms with Gasteiger partial charge in [-0.1, -0.05) is 0 Å². The van der Waals surface area contributed by atoms with Crippen molar-refractivity contribution in [2.45, 2.75) is 33.2 Å². The minimum Gasteiger partial charge on any atom is -0.377 e. The van der Waals surface area contributed by atoms with Gasteiger partial charge in [0.25, 0.3) is 0 Å². The Balaban J connectivity index is 1.44. The van der Waals surface area contributed by atoms with Crippen LogP contribution in [0.4, 0.5) is 8.78 Å². The number of nitrogens with zero attached hydrogens (tertiary/aromatic N) is 7. The van der Waals surface area contributed by atoms with E-state index in [4.69, 9.17) is 0 Å². The summed E-state index contributed by atoms with van der Waals surface area (Å²) in [5, 5.41) is 0. The van der Waals surface area contributed by atoms with Crippen LogP contribution in [0.3, 0.4) is 0 Å². The summed E-state index contributed by atoms with van der Waals surface area (Å²) in [6.45, 7) is 5.86. The predicted octanol–water partition coefficient (Wildman–Crippen LogP) is 4.29. The molecule has 3 aliphatic heterocycles. The van der Waals surface area contributed by atoms with Gasteiger partial charge in [-0.3, -0.25) is 9.97 Å². The molecule has 0 unspecified atom stereocenters. The van der Waals surface area contributed by atoms with Gasteiger partial charge < -0.3 is 9.47 Å². The van der Waals surface area contributed by atoms with E-state index in [1.807, 2.05) is 6.92 Å². The Morgan fingerprint density at radius 1 is 0.971 bits per heavy atom. The summed E-state index contributed by atoms with van der Waals surface area (Å²) in [6, 6.07) is 2.93. The lowest BCUT2D eigenvalue weighted by atomic mass is 9.83. The number of aryl methyl sites for hydroxylation is 2. The van der Waals surface area contributed by atoms with Crippen molar-refractivity contribution in [2.75, 3.05) is 13.1 Å². The first-order chi connectivity index (χ1) is 16.5. The fourth-order valence-corrected chi connectivity index (χ4v) is 5.02. The van der Waals surface area contributed by atoms with E-state index >= 15 is 4.39 Å². The van der Waals surface area contributed by atoms with Gasteiger partial charge in [-0.25, -0.2) is 23.7 Å². The van der Waals surface area contributed by atoms with Crippen LogP contribution in [0.5, 0.6) is 0 Å². The van der Waals surface area contributed by atoms with Crippen LogP contribution < -0.4 is 0 Å². The van der Waals surface area contributed by atoms with Gasteiger partial charge in [0.15, 0.2) is 5.65 Å². The van der Waals surface area contributed by atoms with Crippen molar-refractivity contribution in [2.24, 2.45) is 5.92 Å². The molecule has 0 saturated carbocycles. The molecule has 1 fully saturated rings. The SMILES string of the molecule is Cc1nc(C)c2nc(-c3cncc(F)c3)n(Cc3ncc(C4=CN5CCC4CC5)cc3F)c2n1. The molecule has 7 heterocycles. The molecule has 9 heteroatoms. The fourth-order valence-electron chi connectivity index (χ4n) is 5.02. The number of fused-ring (bicyclic) bond motifs is 3. The lowest BCUT2D eigenvalue weighted by Crippen LogP contribution is -2.35. The Morgan fingerprint density at radius 3 is 2.50 bits per heavy atom. The summed E-state index contributed by atoms with van der Waals surface area (Å²) in [6.07, 6.45) is 8.76. The number of allylic oxidation sites excluding steroid dienone is 1. The molecule has 7 nitrogen and oxygen atoms in total. The van der Waals surface area contributed by atoms with Crippen LogP contribution in [0.25, 0.3) is 28.1 Å². The predicted molar refractivity (Wildman–Crippen MR) is 124 cm³/mol. The maximum atomic E-state index is 15.4. The molecule has 0 aliphatic carbocycles. The summed E-state index contributed by atoms with van der Waals surface area (Å²) in [5.74, 6) is 0.616. The van der Waals surface area contributed by atoms with E-state index < -0.39 is 5.82 Å². The number of piperidine rings is 1. The molecule has 4 aromatic rings. The molecular weight excluding hydrogens is 436 g/mol. The number of imidazole rings is 1. The van der Waals surface area contributed by atoms with E-state index in [0.29, 0.717) is 40.0 Å². The highest BCUT2D eigenvalue weighted by molar-refractivity contribution is 5.79. The second-order valence-electron chi connectivity index (χ2n) is 8.99. The van der Waals surface area contributed by atoms with Crippen LogP contribution in [0.15, 0.2) is 36.9 Å². The van der Waals surface area contributed by atoms with E-state index in [1.165, 1.54) is 12.3 Å². The Kier molecular flexibility index (Phi) is 4.86. The number of hydrogen-bond acceptors (Lipinski definition) is 6. The van der Waals surface area contributed by atoms with E-state index in [2.05, 4.69) is 36.0 Å². The normalized spacial score (nSPS) is 15.9. The minimum atomic E-state index is -0.477. The number of halogens is 2. The topological polar surface area (TPSA) is 72.6 Å². The minimum absolute atomic E-state index is 0.0962. The van der Waals surface area contributed by atoms with Crippen LogP contribution >= 0.6 is 0 Å². The average Bonchev–Trinajstić information content (AvgIpc) is 3.19. The van der Waals surface area contributed by atoms with Crippen LogP contribution in [-0.2, 0) is 6.54 Å². The second kappa shape index (κ2) is 7.93. The van der Waals surface area contributed by atoms with E-state index in [-0.39, 0.29) is 18.1 Å². The van der Waals surface area contributed by atoms with Gasteiger partial charge in [-0.2, -0.15) is 0 Å². The Labute approximate surface area is 195 Å². The zero-order chi connectivity index (χ0) is 23.4. The standard InChI is InChI=1S/C25H23F2N7/c1-14-23-25(31-15(2)30-14)34(24(32-23)18-7-19(26)11-28-9-18)13-22-21(27)8-17(10-29-22)20-12-33-5-3-16(20)4-6-33/h7-12,16H,3-6,13H2,1-2H3. The van der Waals surface area contributed by atoms with Gasteiger partial charge in [0.2, 0.25) is 0 Å². The second-order valence-corrected chi connectivity index (χ2v) is 8.99. The third kappa shape index (κ3) is 3.52. The van der Waals surface area contributed by atoms with Gasteiger partial charge >= 0.3 is 0 Å². The smallest absolute Gasteiger partial charge is 0.164 e. The molecular formula is C25H23F2N7. The van der Waals surface area contributed by atoms with Crippen molar-refractivity contribution < 1.29 is 8.78 Å². The quantitative estimate of drug-likeness (QED) is 0.453. The van der Waals surface area contributed by atoms with Gasteiger partial charge in [0.05, 0.1) is 24.1 Å². The zero-order valence-corrected chi connectivity index (χ0v) is 19.0. The lowest BCUT2D eigenvalue weighted by molar-refractivity contribution is 0.252. The van der Waals surface area contributed by atoms with Crippen molar-refractivity contribution >= 4 is 16.7 Å². The molecule has 0 radical (unpaired) electrons. The van der Waals surface area contributed by atoms with Crippen molar-refractivity contribution in [3.05, 3.63) is 71.3 Å². The van der Waals surface area contributed by atoms with Gasteiger partial charge in [-0.15, -0.1) is 0 Å². The summed E-state index contributed by atoms with van der Waals surface area (Å²) < 4.78 is 31.1. The molecule has 0 atom stereocenters. The summed E-state index contributed by atoms with van der Waals surface area (Å²) in [7, 11) is 0. The highest BCUT2D eigenvalue weighted by Gasteiger charge is 2.28. The van der Waals surface area contributed by atoms with Gasteiger partial charge in [0.1, 0.15) is 28.8 Å². The number of hydrogen-bond donors (Lipinski definition) is 0. The summed E-state index contributed by atoms with van der Waals surface area (Å²) in [5.41, 5.74) is 4.57. The van der Waals surface area contributed by atoms with Crippen LogP contribution in [-0.4, -0.2) is 47.5 Å². The van der Waals surface area contributed by atoms with Crippen LogP contribution in [0, 0.1) is 31.4 Å². The van der Waals surface area contributed by atoms with Crippen molar-refractivity contribution in [1.29, 1.82) is 0 Å². The first kappa shape index (κ1) is 20.8. The first-order valence-corrected chi connectivity index (χ1v) is 11.4. The molecule has 172 valence electrons. The third-order valence-electron chi connectivity index (χ3n) is 6.69. The molecule has 34 heavy (non-hydrogen) atoms. The number of rotatable bonds is 4. The largest absolute Gasteiger partial charge is 0.377 e. The Bertz CT molecular complexity index is 1450. The molecule has 2 bridgehead atoms. The highest BCUT2D eigenvalue weighted by atomic mass is 19.1. The van der Waals surface area contributed by atoms with Crippen LogP contribution in [0.1, 0.15) is 35.6 Å². The number of pyridine rings is 2. The van der Waals surface area contributed by atoms with Gasteiger partial charge in [0, 0.05) is 42.8 Å². The monoisotopic (exact) mass is 459 g/mol. The molecule has 0 spiro atoms. The molecule has 0 amide bonds.